The first kappa shape index (κ1) is 17.9. The molecule has 0 bridgehead atoms. The van der Waals surface area contributed by atoms with Gasteiger partial charge in [0.1, 0.15) is 5.82 Å². The molecule has 5 heteroatoms. The number of nitrogens with one attached hydrogen (secondary N) is 1. The SMILES string of the molecule is Cc1ccc(C)c(Cn2c(CNC(=O)c3ccncc3)nc3ccccc32)c1. The van der Waals surface area contributed by atoms with Gasteiger partial charge >= 0.3 is 0 Å². The number of pyridine rings is 1. The van der Waals surface area contributed by atoms with E-state index >= 15 is 0 Å². The molecule has 28 heavy (non-hydrogen) atoms. The zero-order valence-corrected chi connectivity index (χ0v) is 16.0. The Kier molecular flexibility index (Phi) is 4.89. The van der Waals surface area contributed by atoms with Gasteiger partial charge in [0, 0.05) is 24.5 Å². The molecule has 0 atom stereocenters. The Morgan fingerprint density at radius 3 is 2.64 bits per heavy atom. The second kappa shape index (κ2) is 7.64. The van der Waals surface area contributed by atoms with Crippen LogP contribution in [0.15, 0.2) is 67.0 Å². The van der Waals surface area contributed by atoms with Gasteiger partial charge < -0.3 is 9.88 Å². The van der Waals surface area contributed by atoms with Crippen molar-refractivity contribution in [3.63, 3.8) is 0 Å². The number of carbonyl (C=O) groups is 1. The molecule has 0 saturated carbocycles. The van der Waals surface area contributed by atoms with Gasteiger partial charge in [-0.2, -0.15) is 0 Å². The van der Waals surface area contributed by atoms with E-state index < -0.39 is 0 Å². The first-order valence-corrected chi connectivity index (χ1v) is 9.30. The number of hydrogen-bond acceptors (Lipinski definition) is 3. The first-order valence-electron chi connectivity index (χ1n) is 9.30. The largest absolute Gasteiger partial charge is 0.345 e. The number of hydrogen-bond donors (Lipinski definition) is 1. The number of imidazole rings is 1. The summed E-state index contributed by atoms with van der Waals surface area (Å²) in [6.45, 7) is 5.30. The molecule has 2 aromatic heterocycles. The van der Waals surface area contributed by atoms with Crippen LogP contribution in [0, 0.1) is 13.8 Å². The van der Waals surface area contributed by atoms with Crippen molar-refractivity contribution in [2.75, 3.05) is 0 Å². The standard InChI is InChI=1S/C23H22N4O/c1-16-7-8-17(2)19(13-16)15-27-21-6-4-3-5-20(21)26-22(27)14-25-23(28)18-9-11-24-12-10-18/h3-13H,14-15H2,1-2H3,(H,25,28). The molecular formula is C23H22N4O. The molecule has 0 spiro atoms. The molecular weight excluding hydrogens is 348 g/mol. The predicted octanol–water partition coefficient (Wildman–Crippen LogP) is 4.03. The summed E-state index contributed by atoms with van der Waals surface area (Å²) in [6, 6.07) is 18.0. The lowest BCUT2D eigenvalue weighted by Gasteiger charge is -2.13. The Bertz CT molecular complexity index is 1130. The van der Waals surface area contributed by atoms with Gasteiger partial charge in [0.25, 0.3) is 5.91 Å². The summed E-state index contributed by atoms with van der Waals surface area (Å²) in [6.07, 6.45) is 3.23. The molecule has 0 aliphatic carbocycles. The minimum atomic E-state index is -0.132. The van der Waals surface area contributed by atoms with E-state index in [9.17, 15) is 4.79 Å². The van der Waals surface area contributed by atoms with Gasteiger partial charge in [0.2, 0.25) is 0 Å². The number of carbonyl (C=O) groups excluding carboxylic acids is 1. The third-order valence-electron chi connectivity index (χ3n) is 4.92. The number of amides is 1. The Morgan fingerprint density at radius 1 is 1.04 bits per heavy atom. The van der Waals surface area contributed by atoms with Crippen molar-refractivity contribution in [3.05, 3.63) is 95.1 Å². The lowest BCUT2D eigenvalue weighted by Crippen LogP contribution is -2.25. The van der Waals surface area contributed by atoms with Crippen molar-refractivity contribution in [2.24, 2.45) is 0 Å². The maximum absolute atomic E-state index is 12.4. The molecule has 0 aliphatic heterocycles. The maximum atomic E-state index is 12.4. The zero-order chi connectivity index (χ0) is 19.5. The van der Waals surface area contributed by atoms with E-state index in [0.29, 0.717) is 18.7 Å². The smallest absolute Gasteiger partial charge is 0.251 e. The number of nitrogens with zero attached hydrogens (tertiary/aromatic N) is 3. The van der Waals surface area contributed by atoms with Crippen LogP contribution in [-0.4, -0.2) is 20.4 Å². The van der Waals surface area contributed by atoms with Crippen molar-refractivity contribution in [2.45, 2.75) is 26.9 Å². The number of fused-ring (bicyclic) bond motifs is 1. The van der Waals surface area contributed by atoms with E-state index in [0.717, 1.165) is 16.9 Å². The fraction of sp³-hybridized carbons (Fsp3) is 0.174. The molecule has 0 saturated heterocycles. The second-order valence-electron chi connectivity index (χ2n) is 6.95. The molecule has 2 heterocycles. The van der Waals surface area contributed by atoms with Gasteiger partial charge in [0.05, 0.1) is 17.6 Å². The molecule has 0 fully saturated rings. The predicted molar refractivity (Wildman–Crippen MR) is 110 cm³/mol. The summed E-state index contributed by atoms with van der Waals surface area (Å²) < 4.78 is 2.18. The molecule has 0 unspecified atom stereocenters. The van der Waals surface area contributed by atoms with E-state index in [2.05, 4.69) is 53.0 Å². The highest BCUT2D eigenvalue weighted by molar-refractivity contribution is 5.93. The molecule has 0 aliphatic rings. The highest BCUT2D eigenvalue weighted by atomic mass is 16.1. The highest BCUT2D eigenvalue weighted by Gasteiger charge is 2.13. The summed E-state index contributed by atoms with van der Waals surface area (Å²) in [4.78, 5) is 21.1. The van der Waals surface area contributed by atoms with E-state index in [1.165, 1.54) is 16.7 Å². The lowest BCUT2D eigenvalue weighted by atomic mass is 10.1. The Hall–Kier alpha value is -3.47. The van der Waals surface area contributed by atoms with Crippen LogP contribution in [-0.2, 0) is 13.1 Å². The van der Waals surface area contributed by atoms with Crippen LogP contribution in [0.5, 0.6) is 0 Å². The van der Waals surface area contributed by atoms with Crippen LogP contribution >= 0.6 is 0 Å². The normalized spacial score (nSPS) is 10.9. The van der Waals surface area contributed by atoms with Crippen molar-refractivity contribution < 1.29 is 4.79 Å². The van der Waals surface area contributed by atoms with Crippen LogP contribution in [0.1, 0.15) is 32.9 Å². The van der Waals surface area contributed by atoms with Crippen LogP contribution in [0.2, 0.25) is 0 Å². The zero-order valence-electron chi connectivity index (χ0n) is 16.0. The highest BCUT2D eigenvalue weighted by Crippen LogP contribution is 2.20. The summed E-state index contributed by atoms with van der Waals surface area (Å²) in [5.41, 5.74) is 6.32. The molecule has 1 N–H and O–H groups in total. The molecule has 5 nitrogen and oxygen atoms in total. The Morgan fingerprint density at radius 2 is 1.82 bits per heavy atom. The summed E-state index contributed by atoms with van der Waals surface area (Å²) in [7, 11) is 0. The third kappa shape index (κ3) is 3.64. The van der Waals surface area contributed by atoms with E-state index in [4.69, 9.17) is 4.98 Å². The molecule has 4 aromatic rings. The van der Waals surface area contributed by atoms with E-state index in [-0.39, 0.29) is 5.91 Å². The third-order valence-corrected chi connectivity index (χ3v) is 4.92. The molecule has 0 radical (unpaired) electrons. The fourth-order valence-electron chi connectivity index (χ4n) is 3.34. The molecule has 2 aromatic carbocycles. The van der Waals surface area contributed by atoms with Crippen LogP contribution in [0.25, 0.3) is 11.0 Å². The quantitative estimate of drug-likeness (QED) is 0.577. The minimum Gasteiger partial charge on any atom is -0.345 e. The van der Waals surface area contributed by atoms with Gasteiger partial charge in [0.15, 0.2) is 0 Å². The van der Waals surface area contributed by atoms with Gasteiger partial charge in [-0.05, 0) is 49.2 Å². The fourth-order valence-corrected chi connectivity index (χ4v) is 3.34. The monoisotopic (exact) mass is 370 g/mol. The van der Waals surface area contributed by atoms with Gasteiger partial charge in [-0.3, -0.25) is 9.78 Å². The number of para-hydroxylation sites is 2. The number of benzene rings is 2. The Labute approximate surface area is 164 Å². The van der Waals surface area contributed by atoms with E-state index in [1.54, 1.807) is 24.5 Å². The summed E-state index contributed by atoms with van der Waals surface area (Å²) in [5.74, 6) is 0.706. The van der Waals surface area contributed by atoms with Gasteiger partial charge in [-0.25, -0.2) is 4.98 Å². The number of aromatic nitrogens is 3. The van der Waals surface area contributed by atoms with Gasteiger partial charge in [-0.1, -0.05) is 35.9 Å². The average Bonchev–Trinajstić information content (AvgIpc) is 3.07. The second-order valence-corrected chi connectivity index (χ2v) is 6.95. The summed E-state index contributed by atoms with van der Waals surface area (Å²) >= 11 is 0. The molecule has 140 valence electrons. The van der Waals surface area contributed by atoms with Crippen LogP contribution < -0.4 is 5.32 Å². The van der Waals surface area contributed by atoms with Crippen molar-refractivity contribution in [1.82, 2.24) is 19.9 Å². The summed E-state index contributed by atoms with van der Waals surface area (Å²) in [5, 5.41) is 2.98. The van der Waals surface area contributed by atoms with Crippen molar-refractivity contribution in [1.29, 1.82) is 0 Å². The van der Waals surface area contributed by atoms with Gasteiger partial charge in [-0.15, -0.1) is 0 Å². The number of aryl methyl sites for hydroxylation is 2. The van der Waals surface area contributed by atoms with Crippen LogP contribution in [0.3, 0.4) is 0 Å². The van der Waals surface area contributed by atoms with Crippen molar-refractivity contribution >= 4 is 16.9 Å². The lowest BCUT2D eigenvalue weighted by molar-refractivity contribution is 0.0949. The number of rotatable bonds is 5. The Balaban J connectivity index is 1.65. The topological polar surface area (TPSA) is 59.8 Å². The molecule has 1 amide bonds. The van der Waals surface area contributed by atoms with E-state index in [1.807, 2.05) is 18.2 Å². The minimum absolute atomic E-state index is 0.132. The maximum Gasteiger partial charge on any atom is 0.251 e. The first-order chi connectivity index (χ1) is 13.6. The molecule has 4 rings (SSSR count). The van der Waals surface area contributed by atoms with Crippen molar-refractivity contribution in [3.8, 4) is 0 Å². The van der Waals surface area contributed by atoms with Crippen LogP contribution in [0.4, 0.5) is 0 Å². The average molecular weight is 370 g/mol.